The third-order valence-corrected chi connectivity index (χ3v) is 6.33. The van der Waals surface area contributed by atoms with Crippen molar-refractivity contribution in [2.75, 3.05) is 20.6 Å². The molecule has 4 rings (SSSR count). The lowest BCUT2D eigenvalue weighted by Crippen LogP contribution is -2.42. The molecule has 1 heterocycles. The molecule has 1 aliphatic carbocycles. The normalized spacial score (nSPS) is 19.4. The molecular weight excluding hydrogens is 378 g/mol. The molecule has 6 nitrogen and oxygen atoms in total. The Morgan fingerprint density at radius 2 is 1.93 bits per heavy atom. The first-order valence-electron chi connectivity index (χ1n) is 10.1. The molecule has 0 saturated heterocycles. The molecular formula is C24H27N3O3. The number of hydrogen-bond acceptors (Lipinski definition) is 4. The van der Waals surface area contributed by atoms with E-state index in [9.17, 15) is 9.59 Å². The second-order valence-electron chi connectivity index (χ2n) is 8.37. The third-order valence-electron chi connectivity index (χ3n) is 6.33. The zero-order chi connectivity index (χ0) is 21.5. The van der Waals surface area contributed by atoms with Gasteiger partial charge < -0.3 is 14.6 Å². The lowest BCUT2D eigenvalue weighted by atomic mass is 9.90. The van der Waals surface area contributed by atoms with E-state index in [4.69, 9.17) is 4.42 Å². The van der Waals surface area contributed by atoms with Crippen LogP contribution in [0.5, 0.6) is 0 Å². The Balaban J connectivity index is 1.42. The molecule has 1 amide bonds. The minimum Gasteiger partial charge on any atom is -0.408 e. The summed E-state index contributed by atoms with van der Waals surface area (Å²) in [6.07, 6.45) is 0.728. The van der Waals surface area contributed by atoms with Crippen molar-refractivity contribution in [1.82, 2.24) is 15.2 Å². The third kappa shape index (κ3) is 3.59. The lowest BCUT2D eigenvalue weighted by molar-refractivity contribution is -0.117. The number of aromatic amines is 1. The number of hydrogen-bond donors (Lipinski definition) is 2. The van der Waals surface area contributed by atoms with Gasteiger partial charge in [0, 0.05) is 23.6 Å². The highest BCUT2D eigenvalue weighted by atomic mass is 16.4. The summed E-state index contributed by atoms with van der Waals surface area (Å²) in [6, 6.07) is 16.0. The van der Waals surface area contributed by atoms with Crippen LogP contribution in [0, 0.1) is 0 Å². The van der Waals surface area contributed by atoms with Crippen LogP contribution in [0.25, 0.3) is 11.1 Å². The van der Waals surface area contributed by atoms with Gasteiger partial charge in [0.05, 0.1) is 5.52 Å². The van der Waals surface area contributed by atoms with Crippen LogP contribution in [0.4, 0.5) is 0 Å². The molecule has 156 valence electrons. The molecule has 30 heavy (non-hydrogen) atoms. The number of benzene rings is 2. The van der Waals surface area contributed by atoms with Crippen molar-refractivity contribution in [3.8, 4) is 0 Å². The van der Waals surface area contributed by atoms with E-state index in [0.717, 1.165) is 28.7 Å². The number of nitrogens with zero attached hydrogens (tertiary/aromatic N) is 1. The van der Waals surface area contributed by atoms with Gasteiger partial charge in [0.25, 0.3) is 0 Å². The molecule has 1 aromatic heterocycles. The maximum absolute atomic E-state index is 12.9. The van der Waals surface area contributed by atoms with Gasteiger partial charge >= 0.3 is 5.76 Å². The first kappa shape index (κ1) is 20.2. The largest absolute Gasteiger partial charge is 0.417 e. The Kier molecular flexibility index (Phi) is 5.12. The molecule has 1 aliphatic rings. The average Bonchev–Trinajstić information content (AvgIpc) is 3.08. The van der Waals surface area contributed by atoms with Crippen LogP contribution in [0.3, 0.4) is 0 Å². The summed E-state index contributed by atoms with van der Waals surface area (Å²) in [7, 11) is 4.00. The minimum atomic E-state index is -0.451. The molecule has 2 atom stereocenters. The van der Waals surface area contributed by atoms with E-state index in [2.05, 4.69) is 34.3 Å². The fraction of sp³-hybridized carbons (Fsp3) is 0.333. The van der Waals surface area contributed by atoms with E-state index in [1.165, 1.54) is 0 Å². The van der Waals surface area contributed by atoms with Crippen LogP contribution in [-0.4, -0.2) is 42.5 Å². The van der Waals surface area contributed by atoms with Crippen LogP contribution in [-0.2, 0) is 16.6 Å². The van der Waals surface area contributed by atoms with E-state index in [-0.39, 0.29) is 17.4 Å². The van der Waals surface area contributed by atoms with Crippen molar-refractivity contribution in [3.05, 3.63) is 81.4 Å². The van der Waals surface area contributed by atoms with Crippen LogP contribution >= 0.6 is 0 Å². The topological polar surface area (TPSA) is 78.3 Å². The van der Waals surface area contributed by atoms with Crippen molar-refractivity contribution in [1.29, 1.82) is 0 Å². The SMILES string of the molecule is CC1=C(C(=O)NC[C@H](Cc2ccc3[nH]c(=O)oc3c2)N(C)C)[C@@]1(C)c1ccccc1. The molecule has 2 aromatic carbocycles. The Morgan fingerprint density at radius 1 is 1.20 bits per heavy atom. The predicted octanol–water partition coefficient (Wildman–Crippen LogP) is 3.00. The lowest BCUT2D eigenvalue weighted by Gasteiger charge is -2.25. The van der Waals surface area contributed by atoms with Gasteiger partial charge in [-0.3, -0.25) is 9.78 Å². The zero-order valence-electron chi connectivity index (χ0n) is 17.8. The van der Waals surface area contributed by atoms with Gasteiger partial charge in [-0.05, 0) is 63.2 Å². The summed E-state index contributed by atoms with van der Waals surface area (Å²) < 4.78 is 5.16. The first-order valence-corrected chi connectivity index (χ1v) is 10.1. The molecule has 0 fully saturated rings. The van der Waals surface area contributed by atoms with E-state index in [1.807, 2.05) is 57.4 Å². The second kappa shape index (κ2) is 7.61. The van der Waals surface area contributed by atoms with Gasteiger partial charge in [0.2, 0.25) is 5.91 Å². The van der Waals surface area contributed by atoms with Gasteiger partial charge in [-0.2, -0.15) is 0 Å². The highest BCUT2D eigenvalue weighted by molar-refractivity contribution is 6.04. The molecule has 0 radical (unpaired) electrons. The fourth-order valence-corrected chi connectivity index (χ4v) is 4.19. The summed E-state index contributed by atoms with van der Waals surface area (Å²) in [6.45, 7) is 4.67. The van der Waals surface area contributed by atoms with Gasteiger partial charge in [0.15, 0.2) is 5.58 Å². The average molecular weight is 405 g/mol. The Bertz CT molecular complexity index is 1170. The maximum Gasteiger partial charge on any atom is 0.417 e. The van der Waals surface area contributed by atoms with Crippen LogP contribution in [0.15, 0.2) is 68.9 Å². The van der Waals surface area contributed by atoms with E-state index < -0.39 is 5.76 Å². The number of amides is 1. The number of likely N-dealkylation sites (N-methyl/N-ethyl adjacent to an activating group) is 1. The number of fused-ring (bicyclic) bond motifs is 1. The fourth-order valence-electron chi connectivity index (χ4n) is 4.19. The van der Waals surface area contributed by atoms with Crippen molar-refractivity contribution in [2.24, 2.45) is 0 Å². The summed E-state index contributed by atoms with van der Waals surface area (Å²) >= 11 is 0. The Hall–Kier alpha value is -3.12. The van der Waals surface area contributed by atoms with Crippen molar-refractivity contribution >= 4 is 17.0 Å². The van der Waals surface area contributed by atoms with E-state index in [0.29, 0.717) is 17.6 Å². The molecule has 0 bridgehead atoms. The molecule has 3 aromatic rings. The van der Waals surface area contributed by atoms with Gasteiger partial charge in [-0.1, -0.05) is 36.4 Å². The molecule has 0 aliphatic heterocycles. The number of carbonyl (C=O) groups is 1. The smallest absolute Gasteiger partial charge is 0.408 e. The molecule has 0 unspecified atom stereocenters. The summed E-state index contributed by atoms with van der Waals surface area (Å²) in [5, 5.41) is 3.12. The second-order valence-corrected chi connectivity index (χ2v) is 8.37. The minimum absolute atomic E-state index is 0.00205. The van der Waals surface area contributed by atoms with Crippen molar-refractivity contribution < 1.29 is 9.21 Å². The summed E-state index contributed by atoms with van der Waals surface area (Å²) in [4.78, 5) is 29.0. The van der Waals surface area contributed by atoms with Crippen molar-refractivity contribution in [3.63, 3.8) is 0 Å². The highest BCUT2D eigenvalue weighted by Crippen LogP contribution is 2.53. The number of carbonyl (C=O) groups excluding carboxylic acids is 1. The number of oxazole rings is 1. The zero-order valence-corrected chi connectivity index (χ0v) is 17.8. The molecule has 0 spiro atoms. The van der Waals surface area contributed by atoms with Crippen LogP contribution in [0.2, 0.25) is 0 Å². The summed E-state index contributed by atoms with van der Waals surface area (Å²) in [5.74, 6) is -0.453. The number of H-pyrrole nitrogens is 1. The Labute approximate surface area is 175 Å². The standard InChI is InChI=1S/C24H27N3O3/c1-15-21(24(15,2)17-8-6-5-7-9-17)22(28)25-14-18(27(3)4)12-16-10-11-19-20(13-16)30-23(29)26-19/h5-11,13,18H,12,14H2,1-4H3,(H,25,28)(H,26,29)/t18-,24+/m0/s1. The molecule has 2 N–H and O–H groups in total. The van der Waals surface area contributed by atoms with Gasteiger partial charge in [-0.25, -0.2) is 4.79 Å². The van der Waals surface area contributed by atoms with Crippen molar-refractivity contribution in [2.45, 2.75) is 31.7 Å². The summed E-state index contributed by atoms with van der Waals surface area (Å²) in [5.41, 5.74) is 5.16. The number of allylic oxidation sites excluding steroid dienone is 1. The van der Waals surface area contributed by atoms with Crippen LogP contribution in [0.1, 0.15) is 25.0 Å². The number of nitrogens with one attached hydrogen (secondary N) is 2. The monoisotopic (exact) mass is 405 g/mol. The predicted molar refractivity (Wildman–Crippen MR) is 118 cm³/mol. The van der Waals surface area contributed by atoms with Gasteiger partial charge in [0.1, 0.15) is 0 Å². The quantitative estimate of drug-likeness (QED) is 0.633. The highest BCUT2D eigenvalue weighted by Gasteiger charge is 2.51. The number of aromatic nitrogens is 1. The number of rotatable bonds is 7. The Morgan fingerprint density at radius 3 is 2.63 bits per heavy atom. The molecule has 6 heteroatoms. The van der Waals surface area contributed by atoms with E-state index in [1.54, 1.807) is 0 Å². The van der Waals surface area contributed by atoms with Crippen LogP contribution < -0.4 is 11.1 Å². The first-order chi connectivity index (χ1) is 14.3. The van der Waals surface area contributed by atoms with E-state index >= 15 is 0 Å². The maximum atomic E-state index is 12.9. The molecule has 0 saturated carbocycles. The van der Waals surface area contributed by atoms with Gasteiger partial charge in [-0.15, -0.1) is 0 Å².